The number of halogens is 3. The number of aliphatic carboxylic acids is 1. The number of fused-ring (bicyclic) bond motifs is 3. The number of carboxylic acids is 1. The van der Waals surface area contributed by atoms with Gasteiger partial charge in [-0.3, -0.25) is 14.6 Å². The highest BCUT2D eigenvalue weighted by atomic mass is 19.4. The highest BCUT2D eigenvalue weighted by Crippen LogP contribution is 2.48. The number of nitrogens with two attached hydrogens (primary N) is 1. The van der Waals surface area contributed by atoms with Gasteiger partial charge in [0.15, 0.2) is 0 Å². The van der Waals surface area contributed by atoms with E-state index in [0.717, 1.165) is 38.5 Å². The quantitative estimate of drug-likeness (QED) is 0.638. The molecule has 1 aromatic heterocycles. The standard InChI is InChI=1S/C20H24N6O2.C2HF3O2/c21-9-15-5-11-8-17(11)26(15)20(28)18(22)12-6-13-1-2-14(7-12)25(13)19(27)16-10-23-3-4-24-16;3-2(4,5)1(6)7/h3-4,10-15,17-18H,1-2,5-8,22H2;(H,6,7)/t11-,12?,13?,14?,15+,17+,18+;/m1./s1. The highest BCUT2D eigenvalue weighted by Gasteiger charge is 2.56. The van der Waals surface area contributed by atoms with E-state index in [0.29, 0.717) is 11.6 Å². The van der Waals surface area contributed by atoms with Crippen molar-refractivity contribution in [3.63, 3.8) is 0 Å². The summed E-state index contributed by atoms with van der Waals surface area (Å²) in [5, 5.41) is 16.5. The number of likely N-dealkylation sites (tertiary alicyclic amines) is 1. The van der Waals surface area contributed by atoms with Crippen molar-refractivity contribution in [3.05, 3.63) is 24.3 Å². The number of carbonyl (C=O) groups excluding carboxylic acids is 2. The second-order valence-corrected chi connectivity index (χ2v) is 9.44. The number of hydrogen-bond acceptors (Lipinski definition) is 7. The van der Waals surface area contributed by atoms with Crippen LogP contribution in [0.25, 0.3) is 0 Å². The first kappa shape index (κ1) is 24.8. The Labute approximate surface area is 198 Å². The van der Waals surface area contributed by atoms with Gasteiger partial charge in [-0.2, -0.15) is 18.4 Å². The summed E-state index contributed by atoms with van der Waals surface area (Å²) in [5.41, 5.74) is 6.80. The van der Waals surface area contributed by atoms with Gasteiger partial charge in [-0.05, 0) is 50.4 Å². The van der Waals surface area contributed by atoms with Crippen LogP contribution in [0.1, 0.15) is 49.0 Å². The topological polar surface area (TPSA) is 154 Å². The van der Waals surface area contributed by atoms with E-state index in [4.69, 9.17) is 15.6 Å². The minimum atomic E-state index is -5.08. The molecular formula is C22H25F3N6O4. The fraction of sp³-hybridized carbons (Fsp3) is 0.636. The summed E-state index contributed by atoms with van der Waals surface area (Å²) in [5.74, 6) is -2.37. The van der Waals surface area contributed by atoms with Crippen molar-refractivity contribution < 1.29 is 32.7 Å². The Bertz CT molecular complexity index is 1020. The molecule has 3 aliphatic heterocycles. The highest BCUT2D eigenvalue weighted by molar-refractivity contribution is 5.92. The van der Waals surface area contributed by atoms with Gasteiger partial charge in [0.25, 0.3) is 5.91 Å². The molecule has 4 fully saturated rings. The van der Waals surface area contributed by atoms with Crippen LogP contribution in [-0.2, 0) is 9.59 Å². The SMILES string of the molecule is N#C[C@@H]1C[C@@H]2C[C@@H]2N1C(=O)[C@@H](N)C1CC2CCC(C1)N2C(=O)c1cnccn1.O=C(O)C(F)(F)F. The molecule has 1 aromatic rings. The van der Waals surface area contributed by atoms with Gasteiger partial charge < -0.3 is 20.6 Å². The number of rotatable bonds is 3. The lowest BCUT2D eigenvalue weighted by Gasteiger charge is -2.41. The van der Waals surface area contributed by atoms with Gasteiger partial charge in [0.2, 0.25) is 5.91 Å². The molecule has 2 unspecified atom stereocenters. The maximum absolute atomic E-state index is 13.1. The number of piperidine rings is 2. The molecule has 6 atom stereocenters. The van der Waals surface area contributed by atoms with Gasteiger partial charge in [-0.15, -0.1) is 0 Å². The third kappa shape index (κ3) is 4.93. The number of amides is 2. The van der Waals surface area contributed by atoms with Gasteiger partial charge in [0.05, 0.1) is 18.3 Å². The van der Waals surface area contributed by atoms with Gasteiger partial charge in [-0.1, -0.05) is 0 Å². The van der Waals surface area contributed by atoms with Gasteiger partial charge in [0.1, 0.15) is 11.7 Å². The van der Waals surface area contributed by atoms with Crippen molar-refractivity contribution in [2.45, 2.75) is 74.9 Å². The maximum Gasteiger partial charge on any atom is 0.490 e. The lowest BCUT2D eigenvalue weighted by atomic mass is 9.84. The van der Waals surface area contributed by atoms with Crippen molar-refractivity contribution in [2.75, 3.05) is 0 Å². The van der Waals surface area contributed by atoms with Gasteiger partial charge in [-0.25, -0.2) is 9.78 Å². The minimum absolute atomic E-state index is 0.0491. The number of carboxylic acid groups (broad SMARTS) is 1. The fourth-order valence-corrected chi connectivity index (χ4v) is 5.65. The molecule has 0 spiro atoms. The number of hydrogen-bond donors (Lipinski definition) is 2. The molecule has 10 nitrogen and oxygen atoms in total. The molecule has 13 heteroatoms. The molecule has 4 heterocycles. The van der Waals surface area contributed by atoms with Crippen LogP contribution in [0.5, 0.6) is 0 Å². The Morgan fingerprint density at radius 2 is 1.74 bits per heavy atom. The van der Waals surface area contributed by atoms with Crippen molar-refractivity contribution in [1.82, 2.24) is 19.8 Å². The second-order valence-electron chi connectivity index (χ2n) is 9.44. The lowest BCUT2D eigenvalue weighted by molar-refractivity contribution is -0.192. The van der Waals surface area contributed by atoms with Crippen molar-refractivity contribution in [3.8, 4) is 6.07 Å². The Kier molecular flexibility index (Phi) is 6.68. The average molecular weight is 494 g/mol. The van der Waals surface area contributed by atoms with Crippen LogP contribution >= 0.6 is 0 Å². The summed E-state index contributed by atoms with van der Waals surface area (Å²) in [7, 11) is 0. The maximum atomic E-state index is 13.1. The molecule has 2 amide bonds. The molecule has 0 radical (unpaired) electrons. The molecule has 188 valence electrons. The molecule has 3 N–H and O–H groups in total. The molecule has 4 aliphatic rings. The molecule has 1 saturated carbocycles. The summed E-state index contributed by atoms with van der Waals surface area (Å²) in [6, 6.07) is 1.76. The zero-order valence-corrected chi connectivity index (χ0v) is 18.6. The summed E-state index contributed by atoms with van der Waals surface area (Å²) >= 11 is 0. The van der Waals surface area contributed by atoms with Crippen molar-refractivity contribution in [1.29, 1.82) is 5.26 Å². The molecular weight excluding hydrogens is 469 g/mol. The summed E-state index contributed by atoms with van der Waals surface area (Å²) in [4.78, 5) is 46.7. The molecule has 1 aliphatic carbocycles. The third-order valence-electron chi connectivity index (χ3n) is 7.33. The molecule has 2 bridgehead atoms. The predicted molar refractivity (Wildman–Crippen MR) is 112 cm³/mol. The van der Waals surface area contributed by atoms with E-state index in [2.05, 4.69) is 16.0 Å². The van der Waals surface area contributed by atoms with E-state index in [1.165, 1.54) is 12.4 Å². The van der Waals surface area contributed by atoms with E-state index >= 15 is 0 Å². The van der Waals surface area contributed by atoms with Crippen LogP contribution in [0.2, 0.25) is 0 Å². The van der Waals surface area contributed by atoms with Crippen molar-refractivity contribution in [2.24, 2.45) is 17.6 Å². The first-order chi connectivity index (χ1) is 16.5. The minimum Gasteiger partial charge on any atom is -0.475 e. The first-order valence-electron chi connectivity index (χ1n) is 11.4. The van der Waals surface area contributed by atoms with Gasteiger partial charge in [0, 0.05) is 30.5 Å². The summed E-state index contributed by atoms with van der Waals surface area (Å²) in [6.07, 6.45) is 4.63. The van der Waals surface area contributed by atoms with E-state index in [-0.39, 0.29) is 41.9 Å². The zero-order chi connectivity index (χ0) is 25.5. The van der Waals surface area contributed by atoms with E-state index in [1.807, 2.05) is 4.90 Å². The summed E-state index contributed by atoms with van der Waals surface area (Å²) in [6.45, 7) is 0. The fourth-order valence-electron chi connectivity index (χ4n) is 5.65. The zero-order valence-electron chi connectivity index (χ0n) is 18.6. The van der Waals surface area contributed by atoms with E-state index < -0.39 is 18.2 Å². The number of nitriles is 1. The molecule has 35 heavy (non-hydrogen) atoms. The normalized spacial score (nSPS) is 31.5. The lowest BCUT2D eigenvalue weighted by Crippen LogP contribution is -2.55. The number of nitrogens with zero attached hydrogens (tertiary/aromatic N) is 5. The number of alkyl halides is 3. The third-order valence-corrected chi connectivity index (χ3v) is 7.33. The monoisotopic (exact) mass is 494 g/mol. The van der Waals surface area contributed by atoms with Crippen LogP contribution in [0.15, 0.2) is 18.6 Å². The summed E-state index contributed by atoms with van der Waals surface area (Å²) < 4.78 is 31.7. The van der Waals surface area contributed by atoms with Gasteiger partial charge >= 0.3 is 12.1 Å². The molecule has 0 aromatic carbocycles. The van der Waals surface area contributed by atoms with Crippen LogP contribution in [0.4, 0.5) is 13.2 Å². The van der Waals surface area contributed by atoms with E-state index in [9.17, 15) is 28.0 Å². The second kappa shape index (κ2) is 9.41. The predicted octanol–water partition coefficient (Wildman–Crippen LogP) is 1.33. The van der Waals surface area contributed by atoms with Crippen LogP contribution in [0, 0.1) is 23.2 Å². The van der Waals surface area contributed by atoms with E-state index in [1.54, 1.807) is 11.1 Å². The Balaban J connectivity index is 0.000000364. The average Bonchev–Trinajstić information content (AvgIpc) is 3.42. The Morgan fingerprint density at radius 3 is 2.26 bits per heavy atom. The molecule has 3 saturated heterocycles. The van der Waals surface area contributed by atoms with Crippen LogP contribution in [-0.4, -0.2) is 79.0 Å². The number of carbonyl (C=O) groups is 3. The smallest absolute Gasteiger partial charge is 0.475 e. The Hall–Kier alpha value is -3.27. The molecule has 5 rings (SSSR count). The first-order valence-corrected chi connectivity index (χ1v) is 11.4. The largest absolute Gasteiger partial charge is 0.490 e. The van der Waals surface area contributed by atoms with Crippen LogP contribution in [0.3, 0.4) is 0 Å². The van der Waals surface area contributed by atoms with Crippen LogP contribution < -0.4 is 5.73 Å². The number of aromatic nitrogens is 2. The van der Waals surface area contributed by atoms with Crippen molar-refractivity contribution >= 4 is 17.8 Å². The Morgan fingerprint density at radius 1 is 1.11 bits per heavy atom.